The highest BCUT2D eigenvalue weighted by atomic mass is 32.1. The van der Waals surface area contributed by atoms with Gasteiger partial charge in [-0.3, -0.25) is 13.5 Å². The molecular formula is C20H22N2O2S. The van der Waals surface area contributed by atoms with Crippen molar-refractivity contribution in [2.75, 3.05) is 0 Å². The fourth-order valence-electron chi connectivity index (χ4n) is 2.99. The predicted molar refractivity (Wildman–Crippen MR) is 102 cm³/mol. The molecule has 2 aromatic heterocycles. The third-order valence-corrected chi connectivity index (χ3v) is 5.29. The number of carbonyl (C=O) groups is 1. The zero-order valence-electron chi connectivity index (χ0n) is 14.8. The Morgan fingerprint density at radius 3 is 2.60 bits per heavy atom. The highest BCUT2D eigenvalue weighted by molar-refractivity contribution is 7.13. The fraction of sp³-hybridized carbons (Fsp3) is 0.350. The Morgan fingerprint density at radius 2 is 1.88 bits per heavy atom. The average Bonchev–Trinajstić information content (AvgIpc) is 2.85. The minimum atomic E-state index is -0.100. The van der Waals surface area contributed by atoms with Crippen LogP contribution in [0.25, 0.3) is 10.2 Å². The molecule has 1 aromatic carbocycles. The lowest BCUT2D eigenvalue weighted by Gasteiger charge is -2.03. The molecule has 0 aliphatic rings. The molecule has 0 bridgehead atoms. The summed E-state index contributed by atoms with van der Waals surface area (Å²) in [7, 11) is 0. The second-order valence-corrected chi connectivity index (χ2v) is 7.58. The lowest BCUT2D eigenvalue weighted by molar-refractivity contribution is -0.119. The van der Waals surface area contributed by atoms with E-state index >= 15 is 0 Å². The number of ketones is 1. The van der Waals surface area contributed by atoms with Crippen LogP contribution in [0, 0.1) is 20.8 Å². The largest absolute Gasteiger partial charge is 0.298 e. The summed E-state index contributed by atoms with van der Waals surface area (Å²) < 4.78 is 1.54. The van der Waals surface area contributed by atoms with E-state index < -0.39 is 0 Å². The van der Waals surface area contributed by atoms with Gasteiger partial charge in [0.05, 0.1) is 11.9 Å². The number of fused-ring (bicyclic) bond motifs is 1. The van der Waals surface area contributed by atoms with Crippen molar-refractivity contribution in [3.05, 3.63) is 63.1 Å². The lowest BCUT2D eigenvalue weighted by Crippen LogP contribution is -2.19. The molecular weight excluding hydrogens is 332 g/mol. The van der Waals surface area contributed by atoms with Gasteiger partial charge < -0.3 is 0 Å². The Hall–Kier alpha value is -2.27. The Balaban J connectivity index is 1.64. The van der Waals surface area contributed by atoms with Crippen LogP contribution in [-0.2, 0) is 17.8 Å². The van der Waals surface area contributed by atoms with Gasteiger partial charge in [-0.05, 0) is 62.3 Å². The Morgan fingerprint density at radius 1 is 1.16 bits per heavy atom. The Labute approximate surface area is 151 Å². The first-order valence-corrected chi connectivity index (χ1v) is 9.26. The van der Waals surface area contributed by atoms with E-state index in [1.54, 1.807) is 0 Å². The van der Waals surface area contributed by atoms with Crippen molar-refractivity contribution in [1.82, 2.24) is 8.94 Å². The molecule has 0 saturated heterocycles. The van der Waals surface area contributed by atoms with Crippen molar-refractivity contribution >= 4 is 27.5 Å². The molecule has 0 N–H and O–H groups in total. The molecule has 25 heavy (non-hydrogen) atoms. The van der Waals surface area contributed by atoms with Crippen LogP contribution in [0.5, 0.6) is 0 Å². The van der Waals surface area contributed by atoms with Gasteiger partial charge in [0.1, 0.15) is 4.83 Å². The average molecular weight is 354 g/mol. The molecule has 0 saturated carbocycles. The van der Waals surface area contributed by atoms with Crippen LogP contribution in [0.3, 0.4) is 0 Å². The van der Waals surface area contributed by atoms with Crippen LogP contribution in [0.4, 0.5) is 0 Å². The van der Waals surface area contributed by atoms with Gasteiger partial charge in [-0.1, -0.05) is 29.8 Å². The number of pyridine rings is 1. The molecule has 0 unspecified atom stereocenters. The second kappa shape index (κ2) is 7.31. The number of Topliss-reactive ketones (excluding diaryl/α,β-unsaturated/α-hetero) is 1. The van der Waals surface area contributed by atoms with Gasteiger partial charge in [0.15, 0.2) is 5.78 Å². The van der Waals surface area contributed by atoms with Crippen LogP contribution in [0.2, 0.25) is 0 Å². The summed E-state index contributed by atoms with van der Waals surface area (Å²) in [6.07, 6.45) is 2.17. The fourth-order valence-corrected chi connectivity index (χ4v) is 4.10. The van der Waals surface area contributed by atoms with E-state index in [4.69, 9.17) is 0 Å². The normalized spacial score (nSPS) is 11.2. The molecule has 0 fully saturated rings. The SMILES string of the molecule is Cc1ccc(CCCC(=O)Cn2sc3nc(C)cc(C)c3c2=O)cc1. The molecule has 0 radical (unpaired) electrons. The monoisotopic (exact) mass is 354 g/mol. The highest BCUT2D eigenvalue weighted by Crippen LogP contribution is 2.19. The van der Waals surface area contributed by atoms with E-state index in [9.17, 15) is 9.59 Å². The maximum Gasteiger partial charge on any atom is 0.270 e. The number of nitrogens with zero attached hydrogens (tertiary/aromatic N) is 2. The molecule has 3 aromatic rings. The number of rotatable bonds is 6. The third kappa shape index (κ3) is 4.04. The van der Waals surface area contributed by atoms with Gasteiger partial charge >= 0.3 is 0 Å². The van der Waals surface area contributed by atoms with Crippen molar-refractivity contribution in [1.29, 1.82) is 0 Å². The molecule has 2 heterocycles. The van der Waals surface area contributed by atoms with Crippen molar-refractivity contribution in [3.63, 3.8) is 0 Å². The van der Waals surface area contributed by atoms with E-state index in [1.165, 1.54) is 26.6 Å². The summed E-state index contributed by atoms with van der Waals surface area (Å²) in [5.41, 5.74) is 4.20. The number of carbonyl (C=O) groups excluding carboxylic acids is 1. The van der Waals surface area contributed by atoms with Gasteiger partial charge in [-0.25, -0.2) is 4.98 Å². The maximum absolute atomic E-state index is 12.5. The summed E-state index contributed by atoms with van der Waals surface area (Å²) in [5.74, 6) is 0.0927. The van der Waals surface area contributed by atoms with Gasteiger partial charge in [-0.15, -0.1) is 0 Å². The summed E-state index contributed by atoms with van der Waals surface area (Å²) in [4.78, 5) is 29.9. The van der Waals surface area contributed by atoms with Gasteiger partial charge in [-0.2, -0.15) is 0 Å². The number of hydrogen-bond donors (Lipinski definition) is 0. The lowest BCUT2D eigenvalue weighted by atomic mass is 10.1. The molecule has 3 rings (SSSR count). The van der Waals surface area contributed by atoms with Crippen molar-refractivity contribution in [3.8, 4) is 0 Å². The van der Waals surface area contributed by atoms with Gasteiger partial charge in [0, 0.05) is 12.1 Å². The number of hydrogen-bond acceptors (Lipinski definition) is 4. The van der Waals surface area contributed by atoms with E-state index in [1.807, 2.05) is 19.9 Å². The van der Waals surface area contributed by atoms with E-state index in [-0.39, 0.29) is 17.9 Å². The van der Waals surface area contributed by atoms with E-state index in [0.717, 1.165) is 28.9 Å². The van der Waals surface area contributed by atoms with Crippen molar-refractivity contribution in [2.24, 2.45) is 0 Å². The summed E-state index contributed by atoms with van der Waals surface area (Å²) >= 11 is 1.28. The van der Waals surface area contributed by atoms with Crippen LogP contribution >= 0.6 is 11.5 Å². The number of aromatic nitrogens is 2. The molecule has 0 aliphatic heterocycles. The standard InChI is InChI=1S/C20H22N2O2S/c1-13-7-9-16(10-8-13)5-4-6-17(23)12-22-20(24)18-14(2)11-15(3)21-19(18)25-22/h7-11H,4-6,12H2,1-3H3. The quantitative estimate of drug-likeness (QED) is 0.673. The molecule has 0 aliphatic carbocycles. The van der Waals surface area contributed by atoms with Crippen molar-refractivity contribution < 1.29 is 4.79 Å². The highest BCUT2D eigenvalue weighted by Gasteiger charge is 2.14. The summed E-state index contributed by atoms with van der Waals surface area (Å²) in [5, 5.41) is 0.642. The minimum Gasteiger partial charge on any atom is -0.298 e. The zero-order chi connectivity index (χ0) is 18.0. The van der Waals surface area contributed by atoms with Gasteiger partial charge in [0.2, 0.25) is 0 Å². The first-order chi connectivity index (χ1) is 11.9. The van der Waals surface area contributed by atoms with Crippen LogP contribution in [-0.4, -0.2) is 14.7 Å². The smallest absolute Gasteiger partial charge is 0.270 e. The Kier molecular flexibility index (Phi) is 5.13. The maximum atomic E-state index is 12.5. The second-order valence-electron chi connectivity index (χ2n) is 6.57. The summed E-state index contributed by atoms with van der Waals surface area (Å²) in [6, 6.07) is 10.3. The Bertz CT molecular complexity index is 968. The van der Waals surface area contributed by atoms with Crippen LogP contribution in [0.15, 0.2) is 35.1 Å². The molecule has 0 atom stereocenters. The molecule has 0 spiro atoms. The molecule has 0 amide bonds. The third-order valence-electron chi connectivity index (χ3n) is 4.31. The predicted octanol–water partition coefficient (Wildman–Crippen LogP) is 3.98. The van der Waals surface area contributed by atoms with Gasteiger partial charge in [0.25, 0.3) is 5.56 Å². The topological polar surface area (TPSA) is 52.0 Å². The molecule has 5 heteroatoms. The van der Waals surface area contributed by atoms with Crippen LogP contribution in [0.1, 0.15) is 35.2 Å². The number of aryl methyl sites for hydroxylation is 4. The zero-order valence-corrected chi connectivity index (χ0v) is 15.7. The molecule has 4 nitrogen and oxygen atoms in total. The van der Waals surface area contributed by atoms with E-state index in [0.29, 0.717) is 11.8 Å². The minimum absolute atomic E-state index is 0.0927. The number of benzene rings is 1. The van der Waals surface area contributed by atoms with E-state index in [2.05, 4.69) is 36.2 Å². The first kappa shape index (κ1) is 17.5. The summed E-state index contributed by atoms with van der Waals surface area (Å²) in [6.45, 7) is 6.04. The first-order valence-electron chi connectivity index (χ1n) is 8.49. The van der Waals surface area contributed by atoms with Crippen molar-refractivity contribution in [2.45, 2.75) is 46.6 Å². The molecule has 130 valence electrons. The van der Waals surface area contributed by atoms with Crippen LogP contribution < -0.4 is 5.56 Å².